The van der Waals surface area contributed by atoms with Gasteiger partial charge in [-0.05, 0) is 42.5 Å². The van der Waals surface area contributed by atoms with Gasteiger partial charge in [0.05, 0.1) is 17.8 Å². The Balaban J connectivity index is 1.52. The molecule has 8 heteroatoms. The summed E-state index contributed by atoms with van der Waals surface area (Å²) < 4.78 is 42.1. The molecule has 0 saturated carbocycles. The molecule has 0 amide bonds. The van der Waals surface area contributed by atoms with Gasteiger partial charge in [0.1, 0.15) is 17.2 Å². The Bertz CT molecular complexity index is 1630. The predicted molar refractivity (Wildman–Crippen MR) is 137 cm³/mol. The fourth-order valence-corrected chi connectivity index (χ4v) is 5.03. The molecule has 38 heavy (non-hydrogen) atoms. The van der Waals surface area contributed by atoms with Crippen molar-refractivity contribution in [2.45, 2.75) is 45.4 Å². The third-order valence-electron chi connectivity index (χ3n) is 6.79. The molecule has 5 aromatic rings. The van der Waals surface area contributed by atoms with Crippen LogP contribution in [0.1, 0.15) is 53.8 Å². The minimum atomic E-state index is -0.927. The number of imidazole rings is 1. The summed E-state index contributed by atoms with van der Waals surface area (Å²) in [7, 11) is 0. The third kappa shape index (κ3) is 4.58. The summed E-state index contributed by atoms with van der Waals surface area (Å²) in [5.74, 6) is -0.359. The maximum Gasteiger partial charge on any atom is 0.309 e. The van der Waals surface area contributed by atoms with E-state index in [2.05, 4.69) is 0 Å². The molecule has 0 atom stereocenters. The lowest BCUT2D eigenvalue weighted by Crippen LogP contribution is -2.07. The number of fused-ring (bicyclic) bond motifs is 2. The van der Waals surface area contributed by atoms with Crippen LogP contribution in [0.5, 0.6) is 5.88 Å². The molecule has 3 aromatic heterocycles. The summed E-state index contributed by atoms with van der Waals surface area (Å²) in [6, 6.07) is 15.6. The summed E-state index contributed by atoms with van der Waals surface area (Å²) in [5.41, 5.74) is 4.08. The van der Waals surface area contributed by atoms with E-state index in [-0.39, 0.29) is 17.9 Å². The van der Waals surface area contributed by atoms with E-state index in [0.717, 1.165) is 48.8 Å². The van der Waals surface area contributed by atoms with Gasteiger partial charge in [0.15, 0.2) is 17.3 Å². The molecule has 6 nitrogen and oxygen atoms in total. The zero-order valence-electron chi connectivity index (χ0n) is 20.8. The number of esters is 1. The predicted octanol–water partition coefficient (Wildman–Crippen LogP) is 6.25. The maximum atomic E-state index is 14.7. The number of hydrogen-bond donors (Lipinski definition) is 0. The molecule has 1 aliphatic rings. The van der Waals surface area contributed by atoms with Crippen molar-refractivity contribution in [2.75, 3.05) is 0 Å². The molecule has 192 valence electrons. The highest BCUT2D eigenvalue weighted by Gasteiger charge is 2.24. The highest BCUT2D eigenvalue weighted by atomic mass is 19.2. The van der Waals surface area contributed by atoms with E-state index in [1.807, 2.05) is 36.4 Å². The van der Waals surface area contributed by atoms with Crippen molar-refractivity contribution in [3.05, 3.63) is 106 Å². The minimum absolute atomic E-state index is 0.00121. The van der Waals surface area contributed by atoms with Gasteiger partial charge in [0.25, 0.3) is 0 Å². The van der Waals surface area contributed by atoms with Crippen molar-refractivity contribution in [1.29, 1.82) is 0 Å². The van der Waals surface area contributed by atoms with Crippen molar-refractivity contribution in [3.8, 4) is 17.1 Å². The number of furan rings is 1. The number of aryl methyl sites for hydroxylation is 2. The first-order chi connectivity index (χ1) is 18.5. The normalized spacial score (nSPS) is 13.0. The highest BCUT2D eigenvalue weighted by Crippen LogP contribution is 2.32. The van der Waals surface area contributed by atoms with Crippen LogP contribution in [0.15, 0.2) is 65.2 Å². The topological polar surface area (TPSA) is 69.6 Å². The van der Waals surface area contributed by atoms with Gasteiger partial charge in [0.2, 0.25) is 5.88 Å². The Morgan fingerprint density at radius 3 is 2.61 bits per heavy atom. The SMILES string of the molecule is CC(=O)Oc1c(Cc2cc3c(o2)CCCC3)nc2c(Cc3cccc(F)c3F)nc(-c3ccccc3)cn12. The number of halogens is 2. The number of carbonyl (C=O) groups excluding carboxylic acids is 1. The zero-order chi connectivity index (χ0) is 26.2. The van der Waals surface area contributed by atoms with E-state index in [0.29, 0.717) is 29.1 Å². The molecule has 1 aliphatic carbocycles. The Hall–Kier alpha value is -4.33. The second kappa shape index (κ2) is 9.85. The number of ether oxygens (including phenoxy) is 1. The smallest absolute Gasteiger partial charge is 0.309 e. The van der Waals surface area contributed by atoms with Crippen LogP contribution in [0.4, 0.5) is 8.78 Å². The van der Waals surface area contributed by atoms with E-state index < -0.39 is 17.6 Å². The molecule has 3 heterocycles. The van der Waals surface area contributed by atoms with E-state index in [1.54, 1.807) is 10.6 Å². The van der Waals surface area contributed by atoms with Crippen LogP contribution in [0, 0.1) is 11.6 Å². The van der Waals surface area contributed by atoms with Crippen LogP contribution in [0.3, 0.4) is 0 Å². The number of hydrogen-bond acceptors (Lipinski definition) is 5. The fourth-order valence-electron chi connectivity index (χ4n) is 5.03. The van der Waals surface area contributed by atoms with E-state index >= 15 is 0 Å². The van der Waals surface area contributed by atoms with Crippen LogP contribution >= 0.6 is 0 Å². The minimum Gasteiger partial charge on any atom is -0.465 e. The van der Waals surface area contributed by atoms with Crippen LogP contribution < -0.4 is 4.74 Å². The second-order valence-corrected chi connectivity index (χ2v) is 9.52. The van der Waals surface area contributed by atoms with Gasteiger partial charge in [-0.2, -0.15) is 0 Å². The standard InChI is InChI=1S/C30H25F2N3O3/c1-18(36)37-30-25(16-22-14-20-10-5-6-13-27(20)38-22)34-29-24(15-21-11-7-12-23(31)28(21)32)33-26(17-35(29)30)19-8-3-2-4-9-19/h2-4,7-9,11-12,14,17H,5-6,10,13,15-16H2,1H3. The molecule has 0 N–H and O–H groups in total. The number of rotatable bonds is 6. The molecule has 0 radical (unpaired) electrons. The molecule has 6 rings (SSSR count). The molecule has 0 saturated heterocycles. The van der Waals surface area contributed by atoms with Gasteiger partial charge in [-0.1, -0.05) is 42.5 Å². The average molecular weight is 514 g/mol. The van der Waals surface area contributed by atoms with E-state index in [4.69, 9.17) is 19.1 Å². The largest absolute Gasteiger partial charge is 0.465 e. The monoisotopic (exact) mass is 513 g/mol. The lowest BCUT2D eigenvalue weighted by Gasteiger charge is -2.10. The van der Waals surface area contributed by atoms with E-state index in [9.17, 15) is 13.6 Å². The molecule has 2 aromatic carbocycles. The molecule has 0 aliphatic heterocycles. The van der Waals surface area contributed by atoms with Crippen LogP contribution in [-0.2, 0) is 30.5 Å². The number of carbonyl (C=O) groups is 1. The first kappa shape index (κ1) is 24.0. The van der Waals surface area contributed by atoms with E-state index in [1.165, 1.54) is 24.6 Å². The molecular formula is C30H25F2N3O3. The first-order valence-electron chi connectivity index (χ1n) is 12.6. The van der Waals surface area contributed by atoms with Gasteiger partial charge in [-0.15, -0.1) is 0 Å². The molecular weight excluding hydrogens is 488 g/mol. The Labute approximate surface area is 217 Å². The summed E-state index contributed by atoms with van der Waals surface area (Å²) in [6.45, 7) is 1.33. The fraction of sp³-hybridized carbons (Fsp3) is 0.233. The maximum absolute atomic E-state index is 14.7. The molecule has 0 bridgehead atoms. The lowest BCUT2D eigenvalue weighted by atomic mass is 9.98. The van der Waals surface area contributed by atoms with Crippen molar-refractivity contribution in [3.63, 3.8) is 0 Å². The van der Waals surface area contributed by atoms with Gasteiger partial charge >= 0.3 is 5.97 Å². The zero-order valence-corrected chi connectivity index (χ0v) is 20.8. The quantitative estimate of drug-likeness (QED) is 0.251. The second-order valence-electron chi connectivity index (χ2n) is 9.52. The van der Waals surface area contributed by atoms with Crippen molar-refractivity contribution < 1.29 is 22.7 Å². The molecule has 0 fully saturated rings. The number of nitrogens with zero attached hydrogens (tertiary/aromatic N) is 3. The summed E-state index contributed by atoms with van der Waals surface area (Å²) in [4.78, 5) is 21.7. The lowest BCUT2D eigenvalue weighted by molar-refractivity contribution is -0.132. The Kier molecular flexibility index (Phi) is 6.23. The van der Waals surface area contributed by atoms with Crippen molar-refractivity contribution in [1.82, 2.24) is 14.4 Å². The molecule has 0 spiro atoms. The third-order valence-corrected chi connectivity index (χ3v) is 6.79. The van der Waals surface area contributed by atoms with Crippen LogP contribution in [0.2, 0.25) is 0 Å². The first-order valence-corrected chi connectivity index (χ1v) is 12.6. The summed E-state index contributed by atoms with van der Waals surface area (Å²) >= 11 is 0. The summed E-state index contributed by atoms with van der Waals surface area (Å²) in [6.07, 6.45) is 6.18. The van der Waals surface area contributed by atoms with Crippen molar-refractivity contribution >= 4 is 11.6 Å². The van der Waals surface area contributed by atoms with Gasteiger partial charge < -0.3 is 9.15 Å². The Morgan fingerprint density at radius 1 is 1.00 bits per heavy atom. The highest BCUT2D eigenvalue weighted by molar-refractivity contribution is 5.71. The summed E-state index contributed by atoms with van der Waals surface area (Å²) in [5, 5.41) is 0. The van der Waals surface area contributed by atoms with Crippen molar-refractivity contribution in [2.24, 2.45) is 0 Å². The molecule has 0 unspecified atom stereocenters. The number of benzene rings is 2. The van der Waals surface area contributed by atoms with Crippen LogP contribution in [-0.4, -0.2) is 20.3 Å². The average Bonchev–Trinajstić information content (AvgIpc) is 3.48. The van der Waals surface area contributed by atoms with Gasteiger partial charge in [-0.3, -0.25) is 9.20 Å². The van der Waals surface area contributed by atoms with Gasteiger partial charge in [-0.25, -0.2) is 18.7 Å². The van der Waals surface area contributed by atoms with Crippen LogP contribution in [0.25, 0.3) is 16.9 Å². The Morgan fingerprint density at radius 2 is 1.82 bits per heavy atom. The number of aromatic nitrogens is 3. The van der Waals surface area contributed by atoms with Gasteiger partial charge in [0, 0.05) is 31.5 Å².